The smallest absolute Gasteiger partial charge is 0.416 e. The van der Waals surface area contributed by atoms with E-state index in [4.69, 9.17) is 39.5 Å². The van der Waals surface area contributed by atoms with Gasteiger partial charge in [-0.3, -0.25) is 24.1 Å². The van der Waals surface area contributed by atoms with Gasteiger partial charge in [0.1, 0.15) is 0 Å². The number of halogens is 9. The van der Waals surface area contributed by atoms with Crippen LogP contribution in [-0.2, 0) is 31.5 Å². The van der Waals surface area contributed by atoms with Gasteiger partial charge in [0.25, 0.3) is 11.8 Å². The first kappa shape index (κ1) is 33.4. The first-order valence-electron chi connectivity index (χ1n) is 13.8. The van der Waals surface area contributed by atoms with Gasteiger partial charge in [0.15, 0.2) is 21.2 Å². The lowest BCUT2D eigenvalue weighted by atomic mass is 9.56. The van der Waals surface area contributed by atoms with Crippen molar-refractivity contribution >= 4 is 64.1 Å². The standard InChI is InChI=1S/C30H21Cl3F6N2O6/c1-40-25(45)27(32)10-17-15(21(28(27,33)26(40)46)11-5-18(31)22(42)19(6-11)47-2)3-4-16-20(17)24(44)41(23(16)43)14-8-12(29(34,35)36)7-13(9-14)30(37,38)39/h3,5-9,16-17,20-21,42H,4,10H2,1-2H3. The molecule has 1 saturated carbocycles. The highest BCUT2D eigenvalue weighted by Crippen LogP contribution is 2.66. The molecule has 1 N–H and O–H groups in total. The lowest BCUT2D eigenvalue weighted by Gasteiger charge is -2.50. The summed E-state index contributed by atoms with van der Waals surface area (Å²) in [6.45, 7) is 0. The Kier molecular flexibility index (Phi) is 7.47. The average Bonchev–Trinajstić information content (AvgIpc) is 3.32. The molecule has 2 aliphatic carbocycles. The number of imide groups is 2. The number of methoxy groups -OCH3 is 1. The summed E-state index contributed by atoms with van der Waals surface area (Å²) in [5.74, 6) is -9.71. The normalized spacial score (nSPS) is 30.7. The number of phenols is 1. The molecule has 250 valence electrons. The molecule has 4 aliphatic rings. The number of hydrogen-bond donors (Lipinski definition) is 1. The molecule has 6 atom stereocenters. The zero-order chi connectivity index (χ0) is 34.8. The van der Waals surface area contributed by atoms with Crippen LogP contribution in [0.3, 0.4) is 0 Å². The summed E-state index contributed by atoms with van der Waals surface area (Å²) in [4.78, 5) is 51.5. The number of benzene rings is 2. The third kappa shape index (κ3) is 4.57. The molecular weight excluding hydrogens is 705 g/mol. The molecule has 0 aromatic heterocycles. The lowest BCUT2D eigenvalue weighted by Crippen LogP contribution is -2.60. The van der Waals surface area contributed by atoms with Crippen LogP contribution in [0, 0.1) is 17.8 Å². The van der Waals surface area contributed by atoms with Gasteiger partial charge in [-0.1, -0.05) is 23.3 Å². The molecule has 0 radical (unpaired) electrons. The first-order valence-corrected chi connectivity index (χ1v) is 15.0. The molecule has 2 saturated heterocycles. The second-order valence-electron chi connectivity index (χ2n) is 11.8. The van der Waals surface area contributed by atoms with Gasteiger partial charge in [-0.15, -0.1) is 23.2 Å². The number of carbonyl (C=O) groups excluding carboxylic acids is 4. The Morgan fingerprint density at radius 3 is 2.04 bits per heavy atom. The Hall–Kier alpha value is -3.49. The number of hydrogen-bond acceptors (Lipinski definition) is 6. The van der Waals surface area contributed by atoms with Gasteiger partial charge in [0.2, 0.25) is 11.8 Å². The van der Waals surface area contributed by atoms with E-state index in [0.29, 0.717) is 4.90 Å². The number of nitrogens with zero attached hydrogens (tertiary/aromatic N) is 2. The third-order valence-corrected chi connectivity index (χ3v) is 11.2. The predicted molar refractivity (Wildman–Crippen MR) is 154 cm³/mol. The monoisotopic (exact) mass is 724 g/mol. The molecule has 2 aliphatic heterocycles. The van der Waals surface area contributed by atoms with Crippen molar-refractivity contribution in [1.29, 1.82) is 0 Å². The largest absolute Gasteiger partial charge is 0.503 e. The van der Waals surface area contributed by atoms with Crippen LogP contribution in [0.4, 0.5) is 32.0 Å². The molecule has 0 spiro atoms. The van der Waals surface area contributed by atoms with E-state index in [-0.39, 0.29) is 46.5 Å². The number of phenolic OH excluding ortho intramolecular Hbond substituents is 1. The Morgan fingerprint density at radius 2 is 1.49 bits per heavy atom. The van der Waals surface area contributed by atoms with Crippen molar-refractivity contribution < 1.29 is 55.4 Å². The Bertz CT molecular complexity index is 1780. The summed E-state index contributed by atoms with van der Waals surface area (Å²) in [6.07, 6.45) is -9.70. The number of aromatic hydroxyl groups is 1. The molecule has 4 amide bonds. The Balaban J connectivity index is 1.52. The zero-order valence-electron chi connectivity index (χ0n) is 24.0. The van der Waals surface area contributed by atoms with E-state index >= 15 is 0 Å². The third-order valence-electron chi connectivity index (χ3n) is 9.45. The summed E-state index contributed by atoms with van der Waals surface area (Å²) in [5.41, 5.74) is -3.98. The highest BCUT2D eigenvalue weighted by atomic mass is 35.5. The van der Waals surface area contributed by atoms with Crippen molar-refractivity contribution in [3.05, 3.63) is 63.7 Å². The van der Waals surface area contributed by atoms with Gasteiger partial charge in [0, 0.05) is 13.0 Å². The fraction of sp³-hybridized carbons (Fsp3) is 0.400. The minimum Gasteiger partial charge on any atom is -0.503 e. The van der Waals surface area contributed by atoms with E-state index in [1.807, 2.05) is 0 Å². The number of anilines is 1. The number of likely N-dealkylation sites (tertiary alicyclic amines) is 1. The molecule has 2 heterocycles. The SMILES string of the molecule is COc1cc(C2C3=CCC4C(=O)N(c5cc(C(F)(F)F)cc(C(F)(F)F)c5)C(=O)C4C3CC3(Cl)C(=O)N(C)C(=O)C23Cl)cc(Cl)c1O. The van der Waals surface area contributed by atoms with E-state index in [1.54, 1.807) is 0 Å². The molecule has 2 aromatic rings. The zero-order valence-corrected chi connectivity index (χ0v) is 26.2. The van der Waals surface area contributed by atoms with Gasteiger partial charge in [-0.2, -0.15) is 26.3 Å². The number of fused-ring (bicyclic) bond motifs is 4. The lowest BCUT2D eigenvalue weighted by molar-refractivity contribution is -0.143. The van der Waals surface area contributed by atoms with Crippen LogP contribution in [0.25, 0.3) is 0 Å². The molecule has 6 unspecified atom stereocenters. The van der Waals surface area contributed by atoms with Crippen LogP contribution < -0.4 is 9.64 Å². The van der Waals surface area contributed by atoms with E-state index in [2.05, 4.69) is 0 Å². The van der Waals surface area contributed by atoms with Crippen LogP contribution in [0.5, 0.6) is 11.5 Å². The summed E-state index contributed by atoms with van der Waals surface area (Å²) >= 11 is 20.4. The van der Waals surface area contributed by atoms with Crippen molar-refractivity contribution in [3.63, 3.8) is 0 Å². The maximum atomic E-state index is 14.1. The van der Waals surface area contributed by atoms with Gasteiger partial charge in [-0.25, -0.2) is 4.90 Å². The van der Waals surface area contributed by atoms with Crippen LogP contribution >= 0.6 is 34.8 Å². The summed E-state index contributed by atoms with van der Waals surface area (Å²) in [6, 6.07) is 3.00. The van der Waals surface area contributed by atoms with E-state index in [9.17, 15) is 50.6 Å². The number of rotatable bonds is 3. The van der Waals surface area contributed by atoms with Crippen LogP contribution in [0.2, 0.25) is 5.02 Å². The fourth-order valence-electron chi connectivity index (χ4n) is 7.36. The number of amides is 4. The maximum Gasteiger partial charge on any atom is 0.416 e. The van der Waals surface area contributed by atoms with Gasteiger partial charge in [-0.05, 0) is 54.7 Å². The van der Waals surface area contributed by atoms with Crippen LogP contribution in [0.15, 0.2) is 42.0 Å². The van der Waals surface area contributed by atoms with Gasteiger partial charge < -0.3 is 9.84 Å². The molecule has 2 aromatic carbocycles. The van der Waals surface area contributed by atoms with Gasteiger partial charge in [0.05, 0.1) is 40.8 Å². The van der Waals surface area contributed by atoms with E-state index in [0.717, 1.165) is 11.9 Å². The highest BCUT2D eigenvalue weighted by molar-refractivity contribution is 6.53. The van der Waals surface area contributed by atoms with Crippen molar-refractivity contribution in [2.75, 3.05) is 19.1 Å². The maximum absolute atomic E-state index is 14.1. The minimum atomic E-state index is -5.25. The van der Waals surface area contributed by atoms with E-state index in [1.165, 1.54) is 25.3 Å². The molecule has 8 nitrogen and oxygen atoms in total. The summed E-state index contributed by atoms with van der Waals surface area (Å²) < 4.78 is 87.2. The van der Waals surface area contributed by atoms with Crippen LogP contribution in [-0.4, -0.2) is 57.5 Å². The molecule has 3 fully saturated rings. The molecule has 17 heteroatoms. The van der Waals surface area contributed by atoms with Crippen LogP contribution in [0.1, 0.15) is 35.4 Å². The second-order valence-corrected chi connectivity index (χ2v) is 13.5. The molecule has 0 bridgehead atoms. The number of ether oxygens (including phenoxy) is 1. The number of allylic oxidation sites excluding steroid dienone is 2. The topological polar surface area (TPSA) is 104 Å². The molecule has 47 heavy (non-hydrogen) atoms. The van der Waals surface area contributed by atoms with Crippen molar-refractivity contribution in [2.24, 2.45) is 17.8 Å². The second kappa shape index (κ2) is 10.5. The molecular formula is C30H21Cl3F6N2O6. The van der Waals surface area contributed by atoms with E-state index < -0.39 is 98.4 Å². The van der Waals surface area contributed by atoms with Crippen molar-refractivity contribution in [3.8, 4) is 11.5 Å². The minimum absolute atomic E-state index is 0.124. The highest BCUT2D eigenvalue weighted by Gasteiger charge is 2.76. The van der Waals surface area contributed by atoms with Gasteiger partial charge >= 0.3 is 12.4 Å². The number of carbonyl (C=O) groups is 4. The molecule has 6 rings (SSSR count). The van der Waals surface area contributed by atoms with Crippen molar-refractivity contribution in [2.45, 2.75) is 40.9 Å². The average molecular weight is 726 g/mol. The quantitative estimate of drug-likeness (QED) is 0.173. The first-order chi connectivity index (χ1) is 21.7. The Morgan fingerprint density at radius 1 is 0.894 bits per heavy atom. The fourth-order valence-corrected chi connectivity index (χ4v) is 8.59. The summed E-state index contributed by atoms with van der Waals surface area (Å²) in [7, 11) is 2.37. The number of alkyl halides is 8. The van der Waals surface area contributed by atoms with Crippen molar-refractivity contribution in [1.82, 2.24) is 4.90 Å². The summed E-state index contributed by atoms with van der Waals surface area (Å²) in [5, 5.41) is 10.1. The Labute approximate surface area is 276 Å². The predicted octanol–water partition coefficient (Wildman–Crippen LogP) is 6.29.